The Hall–Kier alpha value is -0.930. The molecule has 1 aromatic rings. The van der Waals surface area contributed by atoms with Crippen molar-refractivity contribution in [2.45, 2.75) is 27.3 Å². The Morgan fingerprint density at radius 1 is 1.12 bits per heavy atom. The molecular weight excluding hydrogens is 210 g/mol. The van der Waals surface area contributed by atoms with Gasteiger partial charge in [-0.05, 0) is 25.1 Å². The van der Waals surface area contributed by atoms with Crippen LogP contribution in [0.25, 0.3) is 0 Å². The summed E-state index contributed by atoms with van der Waals surface area (Å²) in [4.78, 5) is 9.10. The number of nitrogens with zero attached hydrogens (tertiary/aromatic N) is 3. The third kappa shape index (κ3) is 4.84. The minimum Gasteiger partial charge on any atom is -0.304 e. The molecule has 3 heteroatoms. The maximum absolute atomic E-state index is 4.23. The Morgan fingerprint density at radius 2 is 1.76 bits per heavy atom. The molecule has 3 nitrogen and oxygen atoms in total. The Balaban J connectivity index is 0.000000686. The summed E-state index contributed by atoms with van der Waals surface area (Å²) in [6, 6.07) is 2.23. The second kappa shape index (κ2) is 7.41. The molecule has 1 saturated heterocycles. The van der Waals surface area contributed by atoms with Crippen LogP contribution in [0.2, 0.25) is 0 Å². The van der Waals surface area contributed by atoms with Crippen LogP contribution in [0.4, 0.5) is 0 Å². The first kappa shape index (κ1) is 14.1. The van der Waals surface area contributed by atoms with Crippen LogP contribution in [0, 0.1) is 6.92 Å². The lowest BCUT2D eigenvalue weighted by Crippen LogP contribution is -2.43. The Labute approximate surface area is 105 Å². The van der Waals surface area contributed by atoms with Gasteiger partial charge in [-0.25, -0.2) is 0 Å². The highest BCUT2D eigenvalue weighted by Crippen LogP contribution is 2.07. The van der Waals surface area contributed by atoms with E-state index in [2.05, 4.69) is 34.8 Å². The zero-order valence-electron chi connectivity index (χ0n) is 11.6. The smallest absolute Gasteiger partial charge is 0.0313 e. The van der Waals surface area contributed by atoms with Crippen molar-refractivity contribution >= 4 is 0 Å². The molecule has 0 atom stereocenters. The van der Waals surface area contributed by atoms with Gasteiger partial charge in [-0.15, -0.1) is 0 Å². The van der Waals surface area contributed by atoms with Gasteiger partial charge < -0.3 is 4.90 Å². The number of rotatable bonds is 2. The molecule has 0 aliphatic carbocycles. The molecule has 2 heterocycles. The van der Waals surface area contributed by atoms with Gasteiger partial charge in [0.15, 0.2) is 0 Å². The summed E-state index contributed by atoms with van der Waals surface area (Å²) in [5, 5.41) is 0. The molecule has 0 saturated carbocycles. The standard InChI is InChI=1S/C12H19N3.C2H6/c1-11-7-12(9-13-8-11)10-15-5-3-14(2)4-6-15;1-2/h7-9H,3-6,10H2,1-2H3;1-2H3. The summed E-state index contributed by atoms with van der Waals surface area (Å²) < 4.78 is 0. The van der Waals surface area contributed by atoms with Crippen molar-refractivity contribution in [3.05, 3.63) is 29.6 Å². The molecule has 17 heavy (non-hydrogen) atoms. The summed E-state index contributed by atoms with van der Waals surface area (Å²) in [6.07, 6.45) is 3.89. The molecule has 1 aliphatic rings. The predicted molar refractivity (Wildman–Crippen MR) is 73.1 cm³/mol. The summed E-state index contributed by atoms with van der Waals surface area (Å²) >= 11 is 0. The van der Waals surface area contributed by atoms with Gasteiger partial charge in [0.05, 0.1) is 0 Å². The van der Waals surface area contributed by atoms with E-state index in [0.29, 0.717) is 0 Å². The molecule has 0 unspecified atom stereocenters. The number of hydrogen-bond donors (Lipinski definition) is 0. The van der Waals surface area contributed by atoms with E-state index in [0.717, 1.165) is 6.54 Å². The van der Waals surface area contributed by atoms with E-state index < -0.39 is 0 Å². The van der Waals surface area contributed by atoms with Crippen LogP contribution in [0.5, 0.6) is 0 Å². The Morgan fingerprint density at radius 3 is 2.35 bits per heavy atom. The zero-order valence-corrected chi connectivity index (χ0v) is 11.6. The number of aryl methyl sites for hydroxylation is 1. The van der Waals surface area contributed by atoms with E-state index in [1.807, 2.05) is 26.2 Å². The molecule has 0 spiro atoms. The maximum Gasteiger partial charge on any atom is 0.0313 e. The molecule has 0 amide bonds. The molecule has 96 valence electrons. The number of pyridine rings is 1. The van der Waals surface area contributed by atoms with Crippen molar-refractivity contribution in [1.82, 2.24) is 14.8 Å². The van der Waals surface area contributed by atoms with Crippen LogP contribution in [-0.2, 0) is 6.54 Å². The molecule has 2 rings (SSSR count). The first-order valence-electron chi connectivity index (χ1n) is 6.55. The highest BCUT2D eigenvalue weighted by Gasteiger charge is 2.13. The van der Waals surface area contributed by atoms with Crippen LogP contribution in [0.1, 0.15) is 25.0 Å². The first-order valence-corrected chi connectivity index (χ1v) is 6.55. The molecule has 1 aromatic heterocycles. The van der Waals surface area contributed by atoms with Crippen molar-refractivity contribution < 1.29 is 0 Å². The molecule has 0 bridgehead atoms. The normalized spacial score (nSPS) is 17.4. The highest BCUT2D eigenvalue weighted by molar-refractivity contribution is 5.16. The van der Waals surface area contributed by atoms with Crippen LogP contribution < -0.4 is 0 Å². The average Bonchev–Trinajstić information content (AvgIpc) is 2.35. The maximum atomic E-state index is 4.23. The fourth-order valence-corrected chi connectivity index (χ4v) is 1.97. The number of aromatic nitrogens is 1. The van der Waals surface area contributed by atoms with Crippen LogP contribution >= 0.6 is 0 Å². The predicted octanol–water partition coefficient (Wildman–Crippen LogP) is 2.16. The summed E-state index contributed by atoms with van der Waals surface area (Å²) in [5.41, 5.74) is 2.58. The fraction of sp³-hybridized carbons (Fsp3) is 0.643. The monoisotopic (exact) mass is 235 g/mol. The minimum atomic E-state index is 1.04. The average molecular weight is 235 g/mol. The van der Waals surface area contributed by atoms with Gasteiger partial charge in [-0.3, -0.25) is 9.88 Å². The second-order valence-electron chi connectivity index (χ2n) is 4.45. The minimum absolute atomic E-state index is 1.04. The summed E-state index contributed by atoms with van der Waals surface area (Å²) in [5.74, 6) is 0. The number of piperazine rings is 1. The third-order valence-electron chi connectivity index (χ3n) is 2.93. The Kier molecular flexibility index (Phi) is 6.16. The van der Waals surface area contributed by atoms with E-state index in [1.54, 1.807) is 0 Å². The van der Waals surface area contributed by atoms with Gasteiger partial charge >= 0.3 is 0 Å². The van der Waals surface area contributed by atoms with Gasteiger partial charge in [0.25, 0.3) is 0 Å². The second-order valence-corrected chi connectivity index (χ2v) is 4.45. The molecule has 1 fully saturated rings. The van der Waals surface area contributed by atoms with Crippen LogP contribution in [-0.4, -0.2) is 48.0 Å². The number of hydrogen-bond acceptors (Lipinski definition) is 3. The van der Waals surface area contributed by atoms with Gasteiger partial charge in [0.2, 0.25) is 0 Å². The van der Waals surface area contributed by atoms with Crippen molar-refractivity contribution in [1.29, 1.82) is 0 Å². The van der Waals surface area contributed by atoms with Gasteiger partial charge in [0.1, 0.15) is 0 Å². The van der Waals surface area contributed by atoms with Crippen LogP contribution in [0.3, 0.4) is 0 Å². The summed E-state index contributed by atoms with van der Waals surface area (Å²) in [6.45, 7) is 11.8. The van der Waals surface area contributed by atoms with Gasteiger partial charge in [0, 0.05) is 45.1 Å². The topological polar surface area (TPSA) is 19.4 Å². The Bertz CT molecular complexity index is 317. The van der Waals surface area contributed by atoms with Crippen LogP contribution in [0.15, 0.2) is 18.5 Å². The highest BCUT2D eigenvalue weighted by atomic mass is 15.2. The summed E-state index contributed by atoms with van der Waals surface area (Å²) in [7, 11) is 2.19. The van der Waals surface area contributed by atoms with Crippen molar-refractivity contribution in [3.8, 4) is 0 Å². The molecule has 0 aromatic carbocycles. The van der Waals surface area contributed by atoms with Crippen molar-refractivity contribution in [3.63, 3.8) is 0 Å². The quantitative estimate of drug-likeness (QED) is 0.783. The van der Waals surface area contributed by atoms with Gasteiger partial charge in [-0.1, -0.05) is 19.9 Å². The fourth-order valence-electron chi connectivity index (χ4n) is 1.97. The van der Waals surface area contributed by atoms with E-state index >= 15 is 0 Å². The largest absolute Gasteiger partial charge is 0.304 e. The SMILES string of the molecule is CC.Cc1cncc(CN2CCN(C)CC2)c1. The molecular formula is C14H25N3. The number of likely N-dealkylation sites (N-methyl/N-ethyl adjacent to an activating group) is 1. The molecule has 0 N–H and O–H groups in total. The van der Waals surface area contributed by atoms with Crippen molar-refractivity contribution in [2.75, 3.05) is 33.2 Å². The van der Waals surface area contributed by atoms with E-state index in [-0.39, 0.29) is 0 Å². The van der Waals surface area contributed by atoms with Gasteiger partial charge in [-0.2, -0.15) is 0 Å². The van der Waals surface area contributed by atoms with E-state index in [9.17, 15) is 0 Å². The van der Waals surface area contributed by atoms with E-state index in [1.165, 1.54) is 37.3 Å². The zero-order chi connectivity index (χ0) is 12.7. The first-order chi connectivity index (χ1) is 8.24. The molecule has 1 aliphatic heterocycles. The lowest BCUT2D eigenvalue weighted by atomic mass is 10.2. The molecule has 0 radical (unpaired) electrons. The third-order valence-corrected chi connectivity index (χ3v) is 2.93. The lowest BCUT2D eigenvalue weighted by Gasteiger charge is -2.32. The van der Waals surface area contributed by atoms with E-state index in [4.69, 9.17) is 0 Å². The van der Waals surface area contributed by atoms with Crippen molar-refractivity contribution in [2.24, 2.45) is 0 Å². The lowest BCUT2D eigenvalue weighted by molar-refractivity contribution is 0.148.